The van der Waals surface area contributed by atoms with Gasteiger partial charge in [0.05, 0.1) is 0 Å². The number of carbonyl (C=O) groups is 1. The Hall–Kier alpha value is -0.570. The van der Waals surface area contributed by atoms with E-state index in [1.165, 1.54) is 19.3 Å². The van der Waals surface area contributed by atoms with Crippen LogP contribution in [0.15, 0.2) is 0 Å². The van der Waals surface area contributed by atoms with E-state index >= 15 is 0 Å². The Bertz CT molecular complexity index is 188. The first-order valence-corrected chi connectivity index (χ1v) is 5.53. The second-order valence-corrected chi connectivity index (χ2v) is 4.57. The van der Waals surface area contributed by atoms with Gasteiger partial charge in [-0.3, -0.25) is 4.79 Å². The van der Waals surface area contributed by atoms with E-state index in [9.17, 15) is 4.79 Å². The summed E-state index contributed by atoms with van der Waals surface area (Å²) in [7, 11) is 3.60. The summed E-state index contributed by atoms with van der Waals surface area (Å²) in [5.74, 6) is 1.16. The molecule has 1 atom stereocenters. The van der Waals surface area contributed by atoms with E-state index in [1.54, 1.807) is 19.0 Å². The maximum absolute atomic E-state index is 11.2. The molecule has 0 heterocycles. The summed E-state index contributed by atoms with van der Waals surface area (Å²) < 4.78 is 0. The SMILES string of the molecule is CC(CC1CC1)NCCC(=O)N(C)C. The predicted molar refractivity (Wildman–Crippen MR) is 58.1 cm³/mol. The first-order chi connectivity index (χ1) is 6.59. The average Bonchev–Trinajstić information content (AvgIpc) is 2.87. The summed E-state index contributed by atoms with van der Waals surface area (Å²) in [6.07, 6.45) is 4.70. The Kier molecular flexibility index (Phi) is 4.39. The predicted octanol–water partition coefficient (Wildman–Crippen LogP) is 1.24. The Labute approximate surface area is 86.9 Å². The molecule has 3 heteroatoms. The van der Waals surface area contributed by atoms with Crippen molar-refractivity contribution < 1.29 is 4.79 Å². The zero-order valence-corrected chi connectivity index (χ0v) is 9.55. The molecule has 1 fully saturated rings. The molecular weight excluding hydrogens is 176 g/mol. The summed E-state index contributed by atoms with van der Waals surface area (Å²) in [5, 5.41) is 3.39. The fourth-order valence-electron chi connectivity index (χ4n) is 1.59. The number of nitrogens with one attached hydrogen (secondary N) is 1. The highest BCUT2D eigenvalue weighted by Gasteiger charge is 2.23. The largest absolute Gasteiger partial charge is 0.349 e. The van der Waals surface area contributed by atoms with Gasteiger partial charge in [-0.15, -0.1) is 0 Å². The Balaban J connectivity index is 1.99. The zero-order chi connectivity index (χ0) is 10.6. The molecule has 1 rings (SSSR count). The number of hydrogen-bond donors (Lipinski definition) is 1. The van der Waals surface area contributed by atoms with E-state index in [0.717, 1.165) is 12.5 Å². The van der Waals surface area contributed by atoms with E-state index in [0.29, 0.717) is 12.5 Å². The maximum atomic E-state index is 11.2. The number of hydrogen-bond acceptors (Lipinski definition) is 2. The van der Waals surface area contributed by atoms with Crippen LogP contribution >= 0.6 is 0 Å². The second-order valence-electron chi connectivity index (χ2n) is 4.57. The first kappa shape index (κ1) is 11.5. The van der Waals surface area contributed by atoms with Crippen molar-refractivity contribution in [2.45, 2.75) is 38.6 Å². The van der Waals surface area contributed by atoms with E-state index in [-0.39, 0.29) is 5.91 Å². The highest BCUT2D eigenvalue weighted by molar-refractivity contribution is 5.75. The van der Waals surface area contributed by atoms with Crippen LogP contribution in [0.25, 0.3) is 0 Å². The summed E-state index contributed by atoms with van der Waals surface area (Å²) in [6, 6.07) is 0.567. The number of nitrogens with zero attached hydrogens (tertiary/aromatic N) is 1. The van der Waals surface area contributed by atoms with Gasteiger partial charge >= 0.3 is 0 Å². The molecule has 1 saturated carbocycles. The molecule has 0 aromatic heterocycles. The van der Waals surface area contributed by atoms with Gasteiger partial charge in [-0.2, -0.15) is 0 Å². The zero-order valence-electron chi connectivity index (χ0n) is 9.55. The molecular formula is C11H22N2O. The Morgan fingerprint density at radius 1 is 1.50 bits per heavy atom. The van der Waals surface area contributed by atoms with E-state index < -0.39 is 0 Å². The van der Waals surface area contributed by atoms with Crippen LogP contribution in [0, 0.1) is 5.92 Å². The smallest absolute Gasteiger partial charge is 0.223 e. The molecule has 0 spiro atoms. The summed E-state index contributed by atoms with van der Waals surface area (Å²) in [4.78, 5) is 12.9. The van der Waals surface area contributed by atoms with Crippen molar-refractivity contribution in [3.05, 3.63) is 0 Å². The highest BCUT2D eigenvalue weighted by atomic mass is 16.2. The van der Waals surface area contributed by atoms with Crippen molar-refractivity contribution in [1.29, 1.82) is 0 Å². The molecule has 1 amide bonds. The number of amides is 1. The lowest BCUT2D eigenvalue weighted by atomic mass is 10.1. The molecule has 0 radical (unpaired) electrons. The minimum Gasteiger partial charge on any atom is -0.349 e. The van der Waals surface area contributed by atoms with Gasteiger partial charge in [0.1, 0.15) is 0 Å². The van der Waals surface area contributed by atoms with E-state index in [1.807, 2.05) is 0 Å². The van der Waals surface area contributed by atoms with Crippen molar-refractivity contribution in [3.8, 4) is 0 Å². The standard InChI is InChI=1S/C11H22N2O/c1-9(8-10-4-5-10)12-7-6-11(14)13(2)3/h9-10,12H,4-8H2,1-3H3. The third kappa shape index (κ3) is 4.61. The molecule has 82 valence electrons. The van der Waals surface area contributed by atoms with Crippen molar-refractivity contribution >= 4 is 5.91 Å². The topological polar surface area (TPSA) is 32.3 Å². The molecule has 1 aliphatic carbocycles. The monoisotopic (exact) mass is 198 g/mol. The van der Waals surface area contributed by atoms with Crippen LogP contribution in [0.1, 0.15) is 32.6 Å². The van der Waals surface area contributed by atoms with Gasteiger partial charge < -0.3 is 10.2 Å². The molecule has 3 nitrogen and oxygen atoms in total. The second kappa shape index (κ2) is 5.35. The fraction of sp³-hybridized carbons (Fsp3) is 0.909. The normalized spacial score (nSPS) is 17.9. The van der Waals surface area contributed by atoms with Crippen LogP contribution in [0.4, 0.5) is 0 Å². The number of carbonyl (C=O) groups excluding carboxylic acids is 1. The minimum atomic E-state index is 0.205. The summed E-state index contributed by atoms with van der Waals surface area (Å²) in [5.41, 5.74) is 0. The van der Waals surface area contributed by atoms with Crippen molar-refractivity contribution in [2.24, 2.45) is 5.92 Å². The molecule has 1 N–H and O–H groups in total. The fourth-order valence-corrected chi connectivity index (χ4v) is 1.59. The van der Waals surface area contributed by atoms with E-state index in [2.05, 4.69) is 12.2 Å². The number of rotatable bonds is 6. The quantitative estimate of drug-likeness (QED) is 0.696. The molecule has 1 unspecified atom stereocenters. The van der Waals surface area contributed by atoms with Crippen molar-refractivity contribution in [2.75, 3.05) is 20.6 Å². The molecule has 0 aromatic rings. The van der Waals surface area contributed by atoms with Crippen LogP contribution in [-0.4, -0.2) is 37.5 Å². The minimum absolute atomic E-state index is 0.205. The lowest BCUT2D eigenvalue weighted by molar-refractivity contribution is -0.128. The molecule has 1 aliphatic rings. The van der Waals surface area contributed by atoms with Crippen LogP contribution in [0.3, 0.4) is 0 Å². The maximum Gasteiger partial charge on any atom is 0.223 e. The van der Waals surface area contributed by atoms with Gasteiger partial charge in [0.2, 0.25) is 5.91 Å². The molecule has 0 aromatic carbocycles. The Morgan fingerprint density at radius 3 is 2.64 bits per heavy atom. The first-order valence-electron chi connectivity index (χ1n) is 5.53. The van der Waals surface area contributed by atoms with E-state index in [4.69, 9.17) is 0 Å². The average molecular weight is 198 g/mol. The molecule has 14 heavy (non-hydrogen) atoms. The lowest BCUT2D eigenvalue weighted by Gasteiger charge is -2.14. The summed E-state index contributed by atoms with van der Waals surface area (Å²) >= 11 is 0. The van der Waals surface area contributed by atoms with Gasteiger partial charge in [-0.1, -0.05) is 12.8 Å². The van der Waals surface area contributed by atoms with Gasteiger partial charge in [-0.05, 0) is 19.3 Å². The van der Waals surface area contributed by atoms with Crippen LogP contribution in [0.2, 0.25) is 0 Å². The van der Waals surface area contributed by atoms with Gasteiger partial charge in [-0.25, -0.2) is 0 Å². The van der Waals surface area contributed by atoms with Crippen molar-refractivity contribution in [3.63, 3.8) is 0 Å². The third-order valence-electron chi connectivity index (χ3n) is 2.71. The Morgan fingerprint density at radius 2 is 2.14 bits per heavy atom. The van der Waals surface area contributed by atoms with Crippen LogP contribution in [0.5, 0.6) is 0 Å². The lowest BCUT2D eigenvalue weighted by Crippen LogP contribution is -2.31. The van der Waals surface area contributed by atoms with Gasteiger partial charge in [0, 0.05) is 33.1 Å². The van der Waals surface area contributed by atoms with Gasteiger partial charge in [0.15, 0.2) is 0 Å². The third-order valence-corrected chi connectivity index (χ3v) is 2.71. The highest BCUT2D eigenvalue weighted by Crippen LogP contribution is 2.33. The van der Waals surface area contributed by atoms with Gasteiger partial charge in [0.25, 0.3) is 0 Å². The molecule has 0 saturated heterocycles. The molecule has 0 bridgehead atoms. The van der Waals surface area contributed by atoms with Crippen molar-refractivity contribution in [1.82, 2.24) is 10.2 Å². The van der Waals surface area contributed by atoms with Crippen LogP contribution < -0.4 is 5.32 Å². The van der Waals surface area contributed by atoms with Crippen LogP contribution in [-0.2, 0) is 4.79 Å². The summed E-state index contributed by atoms with van der Waals surface area (Å²) in [6.45, 7) is 3.02. The molecule has 0 aliphatic heterocycles.